The Morgan fingerprint density at radius 2 is 1.83 bits per heavy atom. The molecule has 30 heavy (non-hydrogen) atoms. The van der Waals surface area contributed by atoms with Crippen molar-refractivity contribution in [2.45, 2.75) is 18.6 Å². The van der Waals surface area contributed by atoms with Crippen molar-refractivity contribution in [1.82, 2.24) is 9.62 Å². The van der Waals surface area contributed by atoms with E-state index in [-0.39, 0.29) is 22.6 Å². The second-order valence-corrected chi connectivity index (χ2v) is 9.12. The largest absolute Gasteiger partial charge is 0.433 e. The number of halogens is 4. The number of rotatable bonds is 3. The molecule has 0 radical (unpaired) electrons. The molecule has 1 heterocycles. The Kier molecular flexibility index (Phi) is 5.40. The Bertz CT molecular complexity index is 1110. The quantitative estimate of drug-likeness (QED) is 0.577. The van der Waals surface area contributed by atoms with Crippen LogP contribution >= 0.6 is 0 Å². The lowest BCUT2D eigenvalue weighted by Gasteiger charge is -2.41. The predicted molar refractivity (Wildman–Crippen MR) is 106 cm³/mol. The molecule has 1 N–H and O–H groups in total. The molecule has 0 aliphatic carbocycles. The number of nitrogens with one attached hydrogen (secondary N) is 1. The summed E-state index contributed by atoms with van der Waals surface area (Å²) in [4.78, 5) is 3.71. The van der Waals surface area contributed by atoms with Crippen molar-refractivity contribution in [2.24, 2.45) is 4.99 Å². The first-order valence-electron chi connectivity index (χ1n) is 8.78. The molecule has 1 aliphatic heterocycles. The molecule has 160 valence electrons. The van der Waals surface area contributed by atoms with Crippen LogP contribution in [0.25, 0.3) is 0 Å². The normalized spacial score (nSPS) is 22.0. The number of hydrogen-bond acceptors (Lipinski definition) is 4. The van der Waals surface area contributed by atoms with Crippen LogP contribution in [0.2, 0.25) is 0 Å². The van der Waals surface area contributed by atoms with Gasteiger partial charge in [-0.25, -0.2) is 17.8 Å². The van der Waals surface area contributed by atoms with Crippen molar-refractivity contribution in [1.29, 1.82) is 0 Å². The van der Waals surface area contributed by atoms with Crippen LogP contribution in [-0.4, -0.2) is 37.4 Å². The van der Waals surface area contributed by atoms with Crippen molar-refractivity contribution in [2.75, 3.05) is 12.8 Å². The van der Waals surface area contributed by atoms with E-state index in [0.717, 1.165) is 22.5 Å². The summed E-state index contributed by atoms with van der Waals surface area (Å²) in [6.45, 7) is 5.06. The van der Waals surface area contributed by atoms with E-state index >= 15 is 0 Å². The molecule has 0 unspecified atom stereocenters. The van der Waals surface area contributed by atoms with E-state index in [1.807, 2.05) is 0 Å². The maximum absolute atomic E-state index is 14.6. The van der Waals surface area contributed by atoms with Crippen LogP contribution in [0.3, 0.4) is 0 Å². The first-order valence-corrected chi connectivity index (χ1v) is 10.4. The molecule has 1 atom stereocenters. The van der Waals surface area contributed by atoms with E-state index in [0.29, 0.717) is 0 Å². The minimum Gasteiger partial charge on any atom is -0.361 e. The Morgan fingerprint density at radius 3 is 2.40 bits per heavy atom. The van der Waals surface area contributed by atoms with E-state index in [1.165, 1.54) is 38.2 Å². The highest BCUT2D eigenvalue weighted by molar-refractivity contribution is 7.89. The van der Waals surface area contributed by atoms with Crippen LogP contribution in [0.4, 0.5) is 23.2 Å². The van der Waals surface area contributed by atoms with Crippen molar-refractivity contribution in [3.8, 4) is 0 Å². The van der Waals surface area contributed by atoms with Gasteiger partial charge in [0.1, 0.15) is 11.6 Å². The van der Waals surface area contributed by atoms with E-state index in [4.69, 9.17) is 0 Å². The molecule has 0 saturated carbocycles. The van der Waals surface area contributed by atoms with Crippen molar-refractivity contribution in [3.05, 3.63) is 77.9 Å². The smallest absolute Gasteiger partial charge is 0.361 e. The summed E-state index contributed by atoms with van der Waals surface area (Å²) in [5, 5.41) is 2.84. The number of hydrogen-bond donors (Lipinski definition) is 1. The van der Waals surface area contributed by atoms with E-state index in [9.17, 15) is 26.0 Å². The molecule has 0 amide bonds. The summed E-state index contributed by atoms with van der Waals surface area (Å²) in [7, 11) is -2.49. The summed E-state index contributed by atoms with van der Waals surface area (Å²) in [5.74, 6) is -1.26. The first kappa shape index (κ1) is 21.8. The molecular weight excluding hydrogens is 422 g/mol. The average molecular weight is 441 g/mol. The lowest BCUT2D eigenvalue weighted by molar-refractivity contribution is -0.0579. The van der Waals surface area contributed by atoms with Gasteiger partial charge in [0.15, 0.2) is 5.71 Å². The third kappa shape index (κ3) is 4.18. The number of nitrogens with zero attached hydrogens (tertiary/aromatic N) is 2. The van der Waals surface area contributed by atoms with Crippen molar-refractivity contribution >= 4 is 21.4 Å². The standard InChI is InChI=1S/C20H19F4N3O2S/c1-13-26-19(2,12-30(28,29)27(13)3)16-11-15(9-10-17(16)21)25-18(20(22,23)24)14-7-5-4-6-8-14/h4-11,26H,1,12H2,2-3H3/t19-/m0/s1. The monoisotopic (exact) mass is 441 g/mol. The Labute approximate surface area is 171 Å². The molecule has 5 nitrogen and oxygen atoms in total. The number of alkyl halides is 3. The molecule has 3 rings (SSSR count). The molecule has 1 aliphatic rings. The Hall–Kier alpha value is -2.88. The van der Waals surface area contributed by atoms with E-state index < -0.39 is 39.0 Å². The molecule has 2 aromatic rings. The van der Waals surface area contributed by atoms with Gasteiger partial charge in [0.05, 0.1) is 17.0 Å². The van der Waals surface area contributed by atoms with Crippen LogP contribution in [0.15, 0.2) is 65.9 Å². The lowest BCUT2D eigenvalue weighted by Crippen LogP contribution is -2.56. The van der Waals surface area contributed by atoms with Gasteiger partial charge in [-0.15, -0.1) is 0 Å². The van der Waals surface area contributed by atoms with Gasteiger partial charge in [-0.2, -0.15) is 13.2 Å². The highest BCUT2D eigenvalue weighted by atomic mass is 32.2. The van der Waals surface area contributed by atoms with Crippen LogP contribution < -0.4 is 5.32 Å². The fourth-order valence-corrected chi connectivity index (χ4v) is 4.76. The molecule has 1 fully saturated rings. The maximum Gasteiger partial charge on any atom is 0.433 e. The summed E-state index contributed by atoms with van der Waals surface area (Å²) in [6, 6.07) is 10.2. The van der Waals surface area contributed by atoms with Gasteiger partial charge in [0.25, 0.3) is 0 Å². The fourth-order valence-electron chi connectivity index (χ4n) is 3.23. The zero-order valence-electron chi connectivity index (χ0n) is 16.2. The second-order valence-electron chi connectivity index (χ2n) is 7.12. The molecular formula is C20H19F4N3O2S. The van der Waals surface area contributed by atoms with Gasteiger partial charge in [0.2, 0.25) is 10.0 Å². The zero-order valence-corrected chi connectivity index (χ0v) is 17.0. The molecule has 1 saturated heterocycles. The van der Waals surface area contributed by atoms with Gasteiger partial charge in [-0.3, -0.25) is 4.31 Å². The van der Waals surface area contributed by atoms with Crippen LogP contribution in [-0.2, 0) is 15.6 Å². The lowest BCUT2D eigenvalue weighted by atomic mass is 9.92. The molecule has 0 bridgehead atoms. The van der Waals surface area contributed by atoms with Crippen LogP contribution in [0.5, 0.6) is 0 Å². The van der Waals surface area contributed by atoms with Gasteiger partial charge >= 0.3 is 6.18 Å². The molecule has 0 spiro atoms. The highest BCUT2D eigenvalue weighted by Crippen LogP contribution is 2.35. The topological polar surface area (TPSA) is 61.8 Å². The minimum atomic E-state index is -4.75. The summed E-state index contributed by atoms with van der Waals surface area (Å²) < 4.78 is 81.1. The number of aliphatic imine (C=N–C) groups is 1. The van der Waals surface area contributed by atoms with Gasteiger partial charge < -0.3 is 5.32 Å². The zero-order chi connectivity index (χ0) is 22.3. The van der Waals surface area contributed by atoms with Crippen LogP contribution in [0.1, 0.15) is 18.1 Å². The molecule has 0 aromatic heterocycles. The summed E-state index contributed by atoms with van der Waals surface area (Å²) in [6.07, 6.45) is -4.75. The van der Waals surface area contributed by atoms with Gasteiger partial charge in [-0.1, -0.05) is 36.9 Å². The molecule has 10 heteroatoms. The first-order chi connectivity index (χ1) is 13.8. The Morgan fingerprint density at radius 1 is 1.20 bits per heavy atom. The third-order valence-corrected chi connectivity index (χ3v) is 6.79. The fraction of sp³-hybridized carbons (Fsp3) is 0.250. The minimum absolute atomic E-state index is 0.0253. The predicted octanol–water partition coefficient (Wildman–Crippen LogP) is 4.06. The second kappa shape index (κ2) is 7.42. The summed E-state index contributed by atoms with van der Waals surface area (Å²) >= 11 is 0. The maximum atomic E-state index is 14.6. The third-order valence-electron chi connectivity index (χ3n) is 4.79. The van der Waals surface area contributed by atoms with E-state index in [2.05, 4.69) is 16.9 Å². The highest BCUT2D eigenvalue weighted by Gasteiger charge is 2.42. The van der Waals surface area contributed by atoms with Gasteiger partial charge in [0, 0.05) is 18.2 Å². The summed E-state index contributed by atoms with van der Waals surface area (Å²) in [5.41, 5.74) is -3.01. The van der Waals surface area contributed by atoms with Crippen molar-refractivity contribution < 1.29 is 26.0 Å². The SMILES string of the molecule is C=C1N[C@](C)(c2cc(N=C(c3ccccc3)C(F)(F)F)ccc2F)CS(=O)(=O)N1C. The van der Waals surface area contributed by atoms with Crippen molar-refractivity contribution in [3.63, 3.8) is 0 Å². The van der Waals surface area contributed by atoms with Crippen LogP contribution in [0, 0.1) is 5.82 Å². The number of benzene rings is 2. The number of sulfonamides is 1. The van der Waals surface area contributed by atoms with Gasteiger partial charge in [-0.05, 0) is 25.1 Å². The Balaban J connectivity index is 2.11. The average Bonchev–Trinajstić information content (AvgIpc) is 2.64. The molecule has 2 aromatic carbocycles. The van der Waals surface area contributed by atoms with E-state index in [1.54, 1.807) is 6.07 Å².